The molecular weight excluding hydrogens is 312 g/mol. The molecule has 0 saturated carbocycles. The van der Waals surface area contributed by atoms with E-state index in [4.69, 9.17) is 9.72 Å². The van der Waals surface area contributed by atoms with E-state index in [2.05, 4.69) is 57.9 Å². The molecule has 0 radical (unpaired) electrons. The Labute approximate surface area is 148 Å². The summed E-state index contributed by atoms with van der Waals surface area (Å²) in [5.74, 6) is 2.02. The zero-order valence-corrected chi connectivity index (χ0v) is 14.9. The number of nitrogens with zero attached hydrogens (tertiary/aromatic N) is 4. The first kappa shape index (κ1) is 15.8. The van der Waals surface area contributed by atoms with E-state index in [1.807, 2.05) is 19.1 Å². The number of hydrogen-bond donors (Lipinski definition) is 0. The van der Waals surface area contributed by atoms with Gasteiger partial charge < -0.3 is 14.6 Å². The molecule has 25 heavy (non-hydrogen) atoms. The fourth-order valence-electron chi connectivity index (χ4n) is 3.62. The maximum atomic E-state index is 5.80. The maximum Gasteiger partial charge on any atom is 0.142 e. The van der Waals surface area contributed by atoms with Crippen molar-refractivity contribution in [3.63, 3.8) is 0 Å². The predicted octanol–water partition coefficient (Wildman–Crippen LogP) is 3.20. The van der Waals surface area contributed by atoms with E-state index in [9.17, 15) is 0 Å². The molecule has 4 rings (SSSR count). The van der Waals surface area contributed by atoms with Crippen molar-refractivity contribution in [3.8, 4) is 5.75 Å². The van der Waals surface area contributed by atoms with Crippen molar-refractivity contribution in [2.45, 2.75) is 13.8 Å². The topological polar surface area (TPSA) is 33.5 Å². The van der Waals surface area contributed by atoms with Crippen LogP contribution in [-0.4, -0.2) is 42.4 Å². The van der Waals surface area contributed by atoms with Gasteiger partial charge in [0.25, 0.3) is 0 Å². The second kappa shape index (κ2) is 6.67. The van der Waals surface area contributed by atoms with Crippen LogP contribution in [0.1, 0.15) is 12.7 Å². The lowest BCUT2D eigenvalue weighted by Gasteiger charge is -2.38. The molecule has 1 aliphatic heterocycles. The highest BCUT2D eigenvalue weighted by molar-refractivity contribution is 5.76. The Morgan fingerprint density at radius 3 is 2.48 bits per heavy atom. The first-order valence-electron chi connectivity index (χ1n) is 8.94. The van der Waals surface area contributed by atoms with E-state index in [1.165, 1.54) is 11.2 Å². The van der Waals surface area contributed by atoms with Gasteiger partial charge in [-0.1, -0.05) is 24.3 Å². The number of benzene rings is 2. The number of ether oxygens (including phenoxy) is 1. The number of anilines is 1. The summed E-state index contributed by atoms with van der Waals surface area (Å²) in [6.45, 7) is 8.66. The summed E-state index contributed by atoms with van der Waals surface area (Å²) in [5.41, 5.74) is 3.43. The number of hydrogen-bond acceptors (Lipinski definition) is 4. The van der Waals surface area contributed by atoms with Crippen LogP contribution in [-0.2, 0) is 0 Å². The van der Waals surface area contributed by atoms with Crippen molar-refractivity contribution in [1.82, 2.24) is 9.66 Å². The monoisotopic (exact) mass is 336 g/mol. The summed E-state index contributed by atoms with van der Waals surface area (Å²) >= 11 is 0. The third-order valence-corrected chi connectivity index (χ3v) is 4.74. The molecule has 0 bridgehead atoms. The van der Waals surface area contributed by atoms with Gasteiger partial charge in [0.2, 0.25) is 0 Å². The van der Waals surface area contributed by atoms with Crippen molar-refractivity contribution in [1.29, 1.82) is 0 Å². The third-order valence-electron chi connectivity index (χ3n) is 4.74. The average Bonchev–Trinajstić information content (AvgIpc) is 2.98. The Morgan fingerprint density at radius 2 is 1.68 bits per heavy atom. The van der Waals surface area contributed by atoms with Gasteiger partial charge in [0.05, 0.1) is 36.4 Å². The van der Waals surface area contributed by atoms with Crippen LogP contribution in [0.15, 0.2) is 48.5 Å². The van der Waals surface area contributed by atoms with Gasteiger partial charge in [-0.25, -0.2) is 9.66 Å². The summed E-state index contributed by atoms with van der Waals surface area (Å²) in [7, 11) is 0. The van der Waals surface area contributed by atoms with E-state index in [1.54, 1.807) is 0 Å². The molecule has 1 aromatic heterocycles. The fraction of sp³-hybridized carbons (Fsp3) is 0.350. The minimum absolute atomic E-state index is 0.692. The summed E-state index contributed by atoms with van der Waals surface area (Å²) in [6.07, 6.45) is 0. The van der Waals surface area contributed by atoms with Crippen molar-refractivity contribution in [2.24, 2.45) is 0 Å². The average molecular weight is 336 g/mol. The molecule has 0 unspecified atom stereocenters. The van der Waals surface area contributed by atoms with Crippen LogP contribution in [0.25, 0.3) is 11.0 Å². The highest BCUT2D eigenvalue weighted by atomic mass is 16.5. The molecule has 0 aliphatic carbocycles. The van der Waals surface area contributed by atoms with Gasteiger partial charge in [-0.3, -0.25) is 0 Å². The molecular formula is C20H24N4O. The first-order chi connectivity index (χ1) is 12.3. The molecule has 2 aromatic carbocycles. The van der Waals surface area contributed by atoms with E-state index >= 15 is 0 Å². The Kier molecular flexibility index (Phi) is 4.22. The van der Waals surface area contributed by atoms with Crippen LogP contribution in [0, 0.1) is 6.92 Å². The van der Waals surface area contributed by atoms with Gasteiger partial charge in [-0.2, -0.15) is 0 Å². The van der Waals surface area contributed by atoms with Crippen LogP contribution in [0.2, 0.25) is 0 Å². The third kappa shape index (κ3) is 2.90. The van der Waals surface area contributed by atoms with Gasteiger partial charge >= 0.3 is 0 Å². The summed E-state index contributed by atoms with van der Waals surface area (Å²) in [6, 6.07) is 16.7. The zero-order valence-electron chi connectivity index (χ0n) is 14.9. The normalized spacial score (nSPS) is 15.0. The molecule has 5 heteroatoms. The Balaban J connectivity index is 1.55. The Morgan fingerprint density at radius 1 is 0.960 bits per heavy atom. The number of piperazine rings is 1. The molecule has 0 atom stereocenters. The minimum Gasteiger partial charge on any atom is -0.492 e. The highest BCUT2D eigenvalue weighted by Crippen LogP contribution is 2.29. The van der Waals surface area contributed by atoms with E-state index < -0.39 is 0 Å². The van der Waals surface area contributed by atoms with E-state index in [-0.39, 0.29) is 0 Å². The van der Waals surface area contributed by atoms with Crippen molar-refractivity contribution < 1.29 is 4.74 Å². The van der Waals surface area contributed by atoms with Gasteiger partial charge in [0, 0.05) is 13.1 Å². The fourth-order valence-corrected chi connectivity index (χ4v) is 3.62. The van der Waals surface area contributed by atoms with E-state index in [0.29, 0.717) is 6.61 Å². The van der Waals surface area contributed by atoms with Crippen LogP contribution < -0.4 is 14.6 Å². The molecule has 0 amide bonds. The van der Waals surface area contributed by atoms with Crippen LogP contribution in [0.4, 0.5) is 5.69 Å². The highest BCUT2D eigenvalue weighted by Gasteiger charge is 2.22. The van der Waals surface area contributed by atoms with Crippen LogP contribution >= 0.6 is 0 Å². The molecule has 1 fully saturated rings. The number of imidazole rings is 1. The molecule has 0 N–H and O–H groups in total. The van der Waals surface area contributed by atoms with Crippen LogP contribution in [0.3, 0.4) is 0 Å². The lowest BCUT2D eigenvalue weighted by molar-refractivity contribution is 0.339. The van der Waals surface area contributed by atoms with E-state index in [0.717, 1.165) is 43.3 Å². The molecule has 5 nitrogen and oxygen atoms in total. The SMILES string of the molecule is CCOc1ccccc1N1CCN(n2c(C)nc3ccccc32)CC1. The molecule has 3 aromatic rings. The Hall–Kier alpha value is -2.69. The van der Waals surface area contributed by atoms with Gasteiger partial charge in [0.1, 0.15) is 11.6 Å². The number of rotatable bonds is 4. The minimum atomic E-state index is 0.692. The quantitative estimate of drug-likeness (QED) is 0.733. The standard InChI is InChI=1S/C20H24N4O/c1-3-25-20-11-7-6-10-19(20)22-12-14-23(15-13-22)24-16(2)21-17-8-4-5-9-18(17)24/h4-11H,3,12-15H2,1-2H3. The Bertz CT molecular complexity index is 865. The van der Waals surface area contributed by atoms with Crippen molar-refractivity contribution in [3.05, 3.63) is 54.4 Å². The number of fused-ring (bicyclic) bond motifs is 1. The predicted molar refractivity (Wildman–Crippen MR) is 102 cm³/mol. The second-order valence-corrected chi connectivity index (χ2v) is 6.30. The zero-order chi connectivity index (χ0) is 17.2. The maximum absolute atomic E-state index is 5.80. The molecule has 0 spiro atoms. The molecule has 1 aliphatic rings. The summed E-state index contributed by atoms with van der Waals surface area (Å²) < 4.78 is 8.06. The lowest BCUT2D eigenvalue weighted by Crippen LogP contribution is -2.51. The van der Waals surface area contributed by atoms with Gasteiger partial charge in [0.15, 0.2) is 0 Å². The first-order valence-corrected chi connectivity index (χ1v) is 8.94. The van der Waals surface area contributed by atoms with Crippen molar-refractivity contribution in [2.75, 3.05) is 42.7 Å². The summed E-state index contributed by atoms with van der Waals surface area (Å²) in [4.78, 5) is 7.10. The molecule has 1 saturated heterocycles. The molecule has 2 heterocycles. The largest absolute Gasteiger partial charge is 0.492 e. The summed E-state index contributed by atoms with van der Waals surface area (Å²) in [5, 5.41) is 2.39. The lowest BCUT2D eigenvalue weighted by atomic mass is 10.2. The number of aryl methyl sites for hydroxylation is 1. The smallest absolute Gasteiger partial charge is 0.142 e. The van der Waals surface area contributed by atoms with Gasteiger partial charge in [-0.15, -0.1) is 0 Å². The van der Waals surface area contributed by atoms with Crippen LogP contribution in [0.5, 0.6) is 5.75 Å². The molecule has 130 valence electrons. The number of para-hydroxylation sites is 4. The second-order valence-electron chi connectivity index (χ2n) is 6.30. The number of aromatic nitrogens is 2. The van der Waals surface area contributed by atoms with Gasteiger partial charge in [-0.05, 0) is 38.1 Å². The van der Waals surface area contributed by atoms with Crippen molar-refractivity contribution >= 4 is 16.7 Å².